The van der Waals surface area contributed by atoms with Gasteiger partial charge in [-0.3, -0.25) is 4.79 Å². The molecule has 0 aromatic heterocycles. The highest BCUT2D eigenvalue weighted by molar-refractivity contribution is 5.92. The van der Waals surface area contributed by atoms with E-state index in [1.807, 2.05) is 48.5 Å². The van der Waals surface area contributed by atoms with E-state index in [0.717, 1.165) is 17.5 Å². The van der Waals surface area contributed by atoms with Crippen molar-refractivity contribution in [1.29, 1.82) is 0 Å². The third-order valence-electron chi connectivity index (χ3n) is 3.26. The van der Waals surface area contributed by atoms with Gasteiger partial charge in [0.15, 0.2) is 0 Å². The number of nitrogens with one attached hydrogen (secondary N) is 1. The van der Waals surface area contributed by atoms with Crippen LogP contribution in [-0.2, 0) is 17.8 Å². The summed E-state index contributed by atoms with van der Waals surface area (Å²) in [5, 5.41) is 2.88. The summed E-state index contributed by atoms with van der Waals surface area (Å²) in [6.07, 6.45) is 1.15. The highest BCUT2D eigenvalue weighted by Crippen LogP contribution is 2.25. The highest BCUT2D eigenvalue weighted by atomic mass is 16.5. The molecule has 2 aromatic carbocycles. The SMILES string of the molecule is COc1cc(CN)ccc1NC(=O)CCc1ccccc1. The first-order chi connectivity index (χ1) is 10.2. The summed E-state index contributed by atoms with van der Waals surface area (Å²) in [6.45, 7) is 0.443. The van der Waals surface area contributed by atoms with Gasteiger partial charge in [0.25, 0.3) is 0 Å². The number of hydrogen-bond donors (Lipinski definition) is 2. The Hall–Kier alpha value is -2.33. The van der Waals surface area contributed by atoms with Crippen LogP contribution in [0.15, 0.2) is 48.5 Å². The van der Waals surface area contributed by atoms with E-state index in [0.29, 0.717) is 24.4 Å². The van der Waals surface area contributed by atoms with Crippen molar-refractivity contribution in [2.24, 2.45) is 5.73 Å². The second-order valence-corrected chi connectivity index (χ2v) is 4.77. The molecule has 0 saturated heterocycles. The van der Waals surface area contributed by atoms with Crippen LogP contribution >= 0.6 is 0 Å². The van der Waals surface area contributed by atoms with Crippen LogP contribution in [0.25, 0.3) is 0 Å². The zero-order valence-corrected chi connectivity index (χ0v) is 12.1. The number of amides is 1. The summed E-state index contributed by atoms with van der Waals surface area (Å²) in [5.74, 6) is 0.601. The molecule has 3 N–H and O–H groups in total. The third kappa shape index (κ3) is 4.33. The molecule has 110 valence electrons. The Labute approximate surface area is 124 Å². The van der Waals surface area contributed by atoms with E-state index in [4.69, 9.17) is 10.5 Å². The third-order valence-corrected chi connectivity index (χ3v) is 3.26. The van der Waals surface area contributed by atoms with Crippen LogP contribution in [0.3, 0.4) is 0 Å². The van der Waals surface area contributed by atoms with Crippen LogP contribution in [0, 0.1) is 0 Å². The molecular formula is C17H20N2O2. The molecule has 0 radical (unpaired) electrons. The van der Waals surface area contributed by atoms with E-state index >= 15 is 0 Å². The van der Waals surface area contributed by atoms with Crippen LogP contribution in [0.1, 0.15) is 17.5 Å². The molecule has 21 heavy (non-hydrogen) atoms. The van der Waals surface area contributed by atoms with Gasteiger partial charge in [-0.15, -0.1) is 0 Å². The van der Waals surface area contributed by atoms with Gasteiger partial charge in [-0.2, -0.15) is 0 Å². The van der Waals surface area contributed by atoms with E-state index in [1.54, 1.807) is 7.11 Å². The van der Waals surface area contributed by atoms with Gasteiger partial charge in [0.1, 0.15) is 5.75 Å². The molecule has 0 aliphatic heterocycles. The first-order valence-electron chi connectivity index (χ1n) is 6.93. The predicted molar refractivity (Wildman–Crippen MR) is 84.3 cm³/mol. The number of hydrogen-bond acceptors (Lipinski definition) is 3. The summed E-state index contributed by atoms with van der Waals surface area (Å²) < 4.78 is 5.28. The minimum atomic E-state index is -0.0300. The molecule has 2 aromatic rings. The molecule has 0 fully saturated rings. The minimum absolute atomic E-state index is 0.0300. The van der Waals surface area contributed by atoms with Gasteiger partial charge in [-0.25, -0.2) is 0 Å². The zero-order valence-electron chi connectivity index (χ0n) is 12.1. The largest absolute Gasteiger partial charge is 0.495 e. The second-order valence-electron chi connectivity index (χ2n) is 4.77. The highest BCUT2D eigenvalue weighted by Gasteiger charge is 2.08. The average Bonchev–Trinajstić information content (AvgIpc) is 2.54. The Bertz CT molecular complexity index is 597. The lowest BCUT2D eigenvalue weighted by Gasteiger charge is -2.11. The van der Waals surface area contributed by atoms with Gasteiger partial charge in [0.05, 0.1) is 12.8 Å². The first kappa shape index (κ1) is 15.1. The molecule has 0 saturated carbocycles. The van der Waals surface area contributed by atoms with Crippen LogP contribution in [0.5, 0.6) is 5.75 Å². The Morgan fingerprint density at radius 3 is 2.57 bits per heavy atom. The van der Waals surface area contributed by atoms with Crippen molar-refractivity contribution >= 4 is 11.6 Å². The fourth-order valence-corrected chi connectivity index (χ4v) is 2.08. The number of carbonyl (C=O) groups is 1. The summed E-state index contributed by atoms with van der Waals surface area (Å²) in [7, 11) is 1.58. The molecule has 0 spiro atoms. The lowest BCUT2D eigenvalue weighted by Crippen LogP contribution is -2.13. The van der Waals surface area contributed by atoms with E-state index in [9.17, 15) is 4.79 Å². The van der Waals surface area contributed by atoms with Gasteiger partial charge in [-0.05, 0) is 29.7 Å². The molecule has 1 amide bonds. The molecule has 0 bridgehead atoms. The number of aryl methyl sites for hydroxylation is 1. The molecule has 0 heterocycles. The topological polar surface area (TPSA) is 64.3 Å². The first-order valence-corrected chi connectivity index (χ1v) is 6.93. The van der Waals surface area contributed by atoms with Crippen LogP contribution < -0.4 is 15.8 Å². The number of benzene rings is 2. The van der Waals surface area contributed by atoms with Crippen molar-refractivity contribution in [3.63, 3.8) is 0 Å². The monoisotopic (exact) mass is 284 g/mol. The average molecular weight is 284 g/mol. The van der Waals surface area contributed by atoms with Crippen molar-refractivity contribution in [3.8, 4) is 5.75 Å². The normalized spacial score (nSPS) is 10.2. The van der Waals surface area contributed by atoms with E-state index in [-0.39, 0.29) is 5.91 Å². The maximum atomic E-state index is 12.0. The molecule has 2 rings (SSSR count). The molecule has 0 atom stereocenters. The van der Waals surface area contributed by atoms with Crippen LogP contribution in [-0.4, -0.2) is 13.0 Å². The fraction of sp³-hybridized carbons (Fsp3) is 0.235. The Morgan fingerprint density at radius 2 is 1.90 bits per heavy atom. The number of nitrogens with two attached hydrogens (primary N) is 1. The van der Waals surface area contributed by atoms with E-state index < -0.39 is 0 Å². The number of carbonyl (C=O) groups excluding carboxylic acids is 1. The number of rotatable bonds is 6. The second kappa shape index (κ2) is 7.45. The van der Waals surface area contributed by atoms with Gasteiger partial charge in [0.2, 0.25) is 5.91 Å². The summed E-state index contributed by atoms with van der Waals surface area (Å²) >= 11 is 0. The lowest BCUT2D eigenvalue weighted by atomic mass is 10.1. The molecule has 4 nitrogen and oxygen atoms in total. The number of ether oxygens (including phenoxy) is 1. The van der Waals surface area contributed by atoms with Crippen molar-refractivity contribution < 1.29 is 9.53 Å². The molecule has 0 unspecified atom stereocenters. The quantitative estimate of drug-likeness (QED) is 0.857. The lowest BCUT2D eigenvalue weighted by molar-refractivity contribution is -0.116. The molecular weight excluding hydrogens is 264 g/mol. The van der Waals surface area contributed by atoms with Crippen molar-refractivity contribution in [2.45, 2.75) is 19.4 Å². The Morgan fingerprint density at radius 1 is 1.14 bits per heavy atom. The Balaban J connectivity index is 1.96. The van der Waals surface area contributed by atoms with Gasteiger partial charge in [0, 0.05) is 13.0 Å². The minimum Gasteiger partial charge on any atom is -0.495 e. The van der Waals surface area contributed by atoms with Crippen molar-refractivity contribution in [2.75, 3.05) is 12.4 Å². The van der Waals surface area contributed by atoms with Crippen molar-refractivity contribution in [3.05, 3.63) is 59.7 Å². The maximum Gasteiger partial charge on any atom is 0.224 e. The molecule has 0 aliphatic rings. The summed E-state index contributed by atoms with van der Waals surface area (Å²) in [5.41, 5.74) is 8.39. The number of anilines is 1. The van der Waals surface area contributed by atoms with Crippen LogP contribution in [0.2, 0.25) is 0 Å². The fourth-order valence-electron chi connectivity index (χ4n) is 2.08. The van der Waals surface area contributed by atoms with Gasteiger partial charge < -0.3 is 15.8 Å². The van der Waals surface area contributed by atoms with Gasteiger partial charge in [-0.1, -0.05) is 36.4 Å². The van der Waals surface area contributed by atoms with E-state index in [1.165, 1.54) is 0 Å². The molecule has 0 aliphatic carbocycles. The zero-order chi connectivity index (χ0) is 15.1. The smallest absolute Gasteiger partial charge is 0.224 e. The Kier molecular flexibility index (Phi) is 5.35. The van der Waals surface area contributed by atoms with Crippen LogP contribution in [0.4, 0.5) is 5.69 Å². The molecule has 4 heteroatoms. The van der Waals surface area contributed by atoms with E-state index in [2.05, 4.69) is 5.32 Å². The number of methoxy groups -OCH3 is 1. The maximum absolute atomic E-state index is 12.0. The summed E-state index contributed by atoms with van der Waals surface area (Å²) in [6, 6.07) is 15.5. The summed E-state index contributed by atoms with van der Waals surface area (Å²) in [4.78, 5) is 12.0. The van der Waals surface area contributed by atoms with Gasteiger partial charge >= 0.3 is 0 Å². The predicted octanol–water partition coefficient (Wildman–Crippen LogP) is 2.73. The standard InChI is InChI=1S/C17H20N2O2/c1-21-16-11-14(12-18)7-9-15(16)19-17(20)10-8-13-5-3-2-4-6-13/h2-7,9,11H,8,10,12,18H2,1H3,(H,19,20). The van der Waals surface area contributed by atoms with Crippen molar-refractivity contribution in [1.82, 2.24) is 0 Å².